The van der Waals surface area contributed by atoms with Crippen LogP contribution in [-0.2, 0) is 18.9 Å². The predicted octanol–water partition coefficient (Wildman–Crippen LogP) is 1.12. The molecule has 3 fully saturated rings. The summed E-state index contributed by atoms with van der Waals surface area (Å²) in [7, 11) is 3.28. The number of hydrogen-bond donors (Lipinski definition) is 1. The largest absolute Gasteiger partial charge is 0.349 e. The van der Waals surface area contributed by atoms with Gasteiger partial charge in [-0.15, -0.1) is 0 Å². The molecule has 2 aliphatic heterocycles. The molecule has 19 heavy (non-hydrogen) atoms. The first kappa shape index (κ1) is 13.8. The summed E-state index contributed by atoms with van der Waals surface area (Å²) in [6.45, 7) is 5.61. The molecule has 0 aromatic rings. The van der Waals surface area contributed by atoms with Gasteiger partial charge in [-0.3, -0.25) is 0 Å². The number of rotatable bonds is 3. The molecule has 0 unspecified atom stereocenters. The van der Waals surface area contributed by atoms with Crippen molar-refractivity contribution in [1.29, 1.82) is 0 Å². The monoisotopic (exact) mass is 271 g/mol. The molecule has 2 saturated heterocycles. The number of fused-ring (bicyclic) bond motifs is 1. The summed E-state index contributed by atoms with van der Waals surface area (Å²) < 4.78 is 23.7. The summed E-state index contributed by atoms with van der Waals surface area (Å²) in [5.41, 5.74) is 0. The molecule has 5 atom stereocenters. The minimum Gasteiger partial charge on any atom is -0.349 e. The predicted molar refractivity (Wildman–Crippen MR) is 69.7 cm³/mol. The average Bonchev–Trinajstić information content (AvgIpc) is 3.24. The van der Waals surface area contributed by atoms with Gasteiger partial charge in [0.2, 0.25) is 11.6 Å². The Morgan fingerprint density at radius 3 is 2.21 bits per heavy atom. The molecule has 0 aromatic heterocycles. The Morgan fingerprint density at radius 2 is 1.63 bits per heavy atom. The van der Waals surface area contributed by atoms with Crippen LogP contribution in [0.1, 0.15) is 26.7 Å². The summed E-state index contributed by atoms with van der Waals surface area (Å²) in [4.78, 5) is 0. The van der Waals surface area contributed by atoms with Crippen LogP contribution in [0.4, 0.5) is 0 Å². The van der Waals surface area contributed by atoms with Crippen molar-refractivity contribution in [3.8, 4) is 0 Å². The Hall–Kier alpha value is -0.200. The standard InChI is InChI=1S/C14H25NO4/c1-13(16-3)14(2,17-4)19-12-10(9-5-6-9)7-15-8-11(12)18-13/h9-12,15H,5-8H2,1-4H3/t10-,11-,12-,13+,14+/m1/s1. The molecular weight excluding hydrogens is 246 g/mol. The van der Waals surface area contributed by atoms with E-state index < -0.39 is 11.6 Å². The van der Waals surface area contributed by atoms with Crippen molar-refractivity contribution < 1.29 is 18.9 Å². The number of nitrogens with one attached hydrogen (secondary N) is 1. The van der Waals surface area contributed by atoms with E-state index >= 15 is 0 Å². The maximum atomic E-state index is 6.34. The molecular formula is C14H25NO4. The molecule has 3 aliphatic rings. The van der Waals surface area contributed by atoms with Crippen molar-refractivity contribution in [3.63, 3.8) is 0 Å². The summed E-state index contributed by atoms with van der Waals surface area (Å²) >= 11 is 0. The Kier molecular flexibility index (Phi) is 3.38. The smallest absolute Gasteiger partial charge is 0.220 e. The van der Waals surface area contributed by atoms with E-state index in [-0.39, 0.29) is 12.2 Å². The second-order valence-electron chi connectivity index (χ2n) is 6.20. The second kappa shape index (κ2) is 4.67. The van der Waals surface area contributed by atoms with E-state index in [0.29, 0.717) is 5.92 Å². The molecule has 0 amide bonds. The lowest BCUT2D eigenvalue weighted by Gasteiger charge is -2.55. The fourth-order valence-electron chi connectivity index (χ4n) is 3.36. The Morgan fingerprint density at radius 1 is 1.00 bits per heavy atom. The minimum absolute atomic E-state index is 0.0347. The van der Waals surface area contributed by atoms with E-state index in [2.05, 4.69) is 5.32 Å². The van der Waals surface area contributed by atoms with Gasteiger partial charge in [-0.25, -0.2) is 0 Å². The summed E-state index contributed by atoms with van der Waals surface area (Å²) in [6, 6.07) is 0. The van der Waals surface area contributed by atoms with E-state index in [1.807, 2.05) is 13.8 Å². The summed E-state index contributed by atoms with van der Waals surface area (Å²) in [5.74, 6) is -0.449. The number of ether oxygens (including phenoxy) is 4. The van der Waals surface area contributed by atoms with Crippen LogP contribution < -0.4 is 5.32 Å². The lowest BCUT2D eigenvalue weighted by Crippen LogP contribution is -2.70. The fraction of sp³-hybridized carbons (Fsp3) is 1.00. The normalized spacial score (nSPS) is 50.8. The van der Waals surface area contributed by atoms with Gasteiger partial charge in [-0.2, -0.15) is 0 Å². The molecule has 0 bridgehead atoms. The molecule has 3 rings (SSSR count). The molecule has 1 aliphatic carbocycles. The molecule has 1 N–H and O–H groups in total. The molecule has 0 aromatic carbocycles. The van der Waals surface area contributed by atoms with Crippen LogP contribution in [0.3, 0.4) is 0 Å². The van der Waals surface area contributed by atoms with E-state index in [1.165, 1.54) is 12.8 Å². The number of hydrogen-bond acceptors (Lipinski definition) is 5. The zero-order valence-corrected chi connectivity index (χ0v) is 12.3. The topological polar surface area (TPSA) is 49.0 Å². The zero-order chi connectivity index (χ0) is 13.7. The molecule has 5 heteroatoms. The van der Waals surface area contributed by atoms with Crippen LogP contribution >= 0.6 is 0 Å². The Balaban J connectivity index is 1.84. The molecule has 2 heterocycles. The van der Waals surface area contributed by atoms with Crippen molar-refractivity contribution in [2.24, 2.45) is 11.8 Å². The molecule has 5 nitrogen and oxygen atoms in total. The molecule has 1 saturated carbocycles. The number of methoxy groups -OCH3 is 2. The first-order chi connectivity index (χ1) is 9.03. The van der Waals surface area contributed by atoms with E-state index in [9.17, 15) is 0 Å². The highest BCUT2D eigenvalue weighted by Gasteiger charge is 2.59. The average molecular weight is 271 g/mol. The Bertz CT molecular complexity index is 348. The van der Waals surface area contributed by atoms with Crippen molar-refractivity contribution in [1.82, 2.24) is 5.32 Å². The van der Waals surface area contributed by atoms with Crippen molar-refractivity contribution in [3.05, 3.63) is 0 Å². The van der Waals surface area contributed by atoms with Crippen LogP contribution in [0.25, 0.3) is 0 Å². The third kappa shape index (κ3) is 2.12. The minimum atomic E-state index is -0.879. The van der Waals surface area contributed by atoms with Gasteiger partial charge in [-0.05, 0) is 32.6 Å². The highest BCUT2D eigenvalue weighted by molar-refractivity contribution is 5.00. The van der Waals surface area contributed by atoms with Crippen LogP contribution in [0.2, 0.25) is 0 Å². The van der Waals surface area contributed by atoms with Crippen molar-refractivity contribution in [2.45, 2.75) is 50.5 Å². The maximum Gasteiger partial charge on any atom is 0.220 e. The van der Waals surface area contributed by atoms with Crippen molar-refractivity contribution in [2.75, 3.05) is 27.3 Å². The Labute approximate surface area is 114 Å². The third-order valence-electron chi connectivity index (χ3n) is 5.08. The lowest BCUT2D eigenvalue weighted by atomic mass is 9.87. The highest BCUT2D eigenvalue weighted by Crippen LogP contribution is 2.47. The maximum absolute atomic E-state index is 6.34. The molecule has 0 radical (unpaired) electrons. The number of piperidine rings is 1. The summed E-state index contributed by atoms with van der Waals surface area (Å²) in [5, 5.41) is 3.46. The van der Waals surface area contributed by atoms with Gasteiger partial charge in [0.15, 0.2) is 0 Å². The fourth-order valence-corrected chi connectivity index (χ4v) is 3.36. The van der Waals surface area contributed by atoms with Gasteiger partial charge < -0.3 is 24.3 Å². The first-order valence-electron chi connectivity index (χ1n) is 7.19. The quantitative estimate of drug-likeness (QED) is 0.833. The lowest BCUT2D eigenvalue weighted by molar-refractivity contribution is -0.454. The van der Waals surface area contributed by atoms with Crippen molar-refractivity contribution >= 4 is 0 Å². The summed E-state index contributed by atoms with van der Waals surface area (Å²) in [6.07, 6.45) is 2.75. The van der Waals surface area contributed by atoms with Gasteiger partial charge in [0, 0.05) is 33.2 Å². The van der Waals surface area contributed by atoms with Gasteiger partial charge in [0.05, 0.1) is 6.10 Å². The van der Waals surface area contributed by atoms with Crippen LogP contribution in [0.15, 0.2) is 0 Å². The highest BCUT2D eigenvalue weighted by atomic mass is 16.8. The van der Waals surface area contributed by atoms with E-state index in [4.69, 9.17) is 18.9 Å². The molecule has 110 valence electrons. The van der Waals surface area contributed by atoms with E-state index in [0.717, 1.165) is 19.0 Å². The van der Waals surface area contributed by atoms with Crippen LogP contribution in [-0.4, -0.2) is 51.1 Å². The van der Waals surface area contributed by atoms with Gasteiger partial charge in [0.1, 0.15) is 6.10 Å². The van der Waals surface area contributed by atoms with Gasteiger partial charge >= 0.3 is 0 Å². The van der Waals surface area contributed by atoms with Crippen LogP contribution in [0, 0.1) is 11.8 Å². The SMILES string of the molecule is CO[C@@]1(C)O[C@@H]2[C@@H](C3CC3)CNC[C@H]2O[C@]1(C)OC. The van der Waals surface area contributed by atoms with Crippen LogP contribution in [0.5, 0.6) is 0 Å². The zero-order valence-electron chi connectivity index (χ0n) is 12.3. The molecule has 0 spiro atoms. The first-order valence-corrected chi connectivity index (χ1v) is 7.19. The van der Waals surface area contributed by atoms with E-state index in [1.54, 1.807) is 14.2 Å². The van der Waals surface area contributed by atoms with Gasteiger partial charge in [0.25, 0.3) is 0 Å². The third-order valence-corrected chi connectivity index (χ3v) is 5.08. The van der Waals surface area contributed by atoms with Gasteiger partial charge in [-0.1, -0.05) is 0 Å². The second-order valence-corrected chi connectivity index (χ2v) is 6.20.